The van der Waals surface area contributed by atoms with Crippen LogP contribution in [0.4, 0.5) is 5.69 Å². The molecule has 1 N–H and O–H groups in total. The highest BCUT2D eigenvalue weighted by atomic mass is 35.5. The number of aromatic nitrogens is 2. The fourth-order valence-electron chi connectivity index (χ4n) is 2.32. The summed E-state index contributed by atoms with van der Waals surface area (Å²) in [6.07, 6.45) is 1.65. The number of nitrogens with zero attached hydrogens (tertiary/aromatic N) is 2. The molecule has 3 rings (SSSR count). The van der Waals surface area contributed by atoms with E-state index in [9.17, 15) is 4.79 Å². The van der Waals surface area contributed by atoms with Gasteiger partial charge < -0.3 is 9.84 Å². The number of amides is 1. The number of hydrogen-bond acceptors (Lipinski definition) is 5. The molecule has 0 unspecified atom stereocenters. The van der Waals surface area contributed by atoms with E-state index in [-0.39, 0.29) is 5.91 Å². The Kier molecular flexibility index (Phi) is 5.86. The number of rotatable bonds is 5. The molecule has 1 aromatic carbocycles. The number of pyridine rings is 1. The summed E-state index contributed by atoms with van der Waals surface area (Å²) in [5.41, 5.74) is 2.75. The maximum atomic E-state index is 12.7. The quantitative estimate of drug-likeness (QED) is 0.562. The van der Waals surface area contributed by atoms with Crippen LogP contribution >= 0.6 is 35.0 Å². The average Bonchev–Trinajstić information content (AvgIpc) is 2.95. The average molecular weight is 408 g/mol. The first-order chi connectivity index (χ1) is 12.5. The summed E-state index contributed by atoms with van der Waals surface area (Å²) >= 11 is 13.6. The van der Waals surface area contributed by atoms with E-state index in [1.54, 1.807) is 36.5 Å². The SMILES string of the molecule is Cc1noc(C)c1CSc1ncccc1C(=O)Nc1cccc(Cl)c1Cl. The van der Waals surface area contributed by atoms with Crippen molar-refractivity contribution in [2.45, 2.75) is 24.6 Å². The first-order valence-electron chi connectivity index (χ1n) is 7.72. The fourth-order valence-corrected chi connectivity index (χ4v) is 3.81. The van der Waals surface area contributed by atoms with E-state index in [2.05, 4.69) is 15.5 Å². The topological polar surface area (TPSA) is 68.0 Å². The summed E-state index contributed by atoms with van der Waals surface area (Å²) < 4.78 is 5.17. The second-order valence-electron chi connectivity index (χ2n) is 5.50. The molecule has 2 heterocycles. The summed E-state index contributed by atoms with van der Waals surface area (Å²) in [5, 5.41) is 8.02. The second-order valence-corrected chi connectivity index (χ2v) is 7.25. The third kappa shape index (κ3) is 4.03. The predicted octanol–water partition coefficient (Wildman–Crippen LogP) is 5.54. The van der Waals surface area contributed by atoms with Crippen molar-refractivity contribution in [3.63, 3.8) is 0 Å². The summed E-state index contributed by atoms with van der Waals surface area (Å²) in [6.45, 7) is 3.75. The zero-order valence-corrected chi connectivity index (χ0v) is 16.4. The van der Waals surface area contributed by atoms with E-state index in [0.29, 0.717) is 32.1 Å². The number of benzene rings is 1. The Hall–Kier alpha value is -2.02. The van der Waals surface area contributed by atoms with Crippen molar-refractivity contribution in [2.24, 2.45) is 0 Å². The molecule has 0 aliphatic rings. The molecule has 0 aliphatic carbocycles. The van der Waals surface area contributed by atoms with Gasteiger partial charge in [-0.2, -0.15) is 0 Å². The summed E-state index contributed by atoms with van der Waals surface area (Å²) in [5.74, 6) is 1.07. The Morgan fingerprint density at radius 2 is 2.04 bits per heavy atom. The smallest absolute Gasteiger partial charge is 0.258 e. The number of hydrogen-bond donors (Lipinski definition) is 1. The number of nitrogens with one attached hydrogen (secondary N) is 1. The second kappa shape index (κ2) is 8.12. The minimum atomic E-state index is -0.302. The van der Waals surface area contributed by atoms with Gasteiger partial charge >= 0.3 is 0 Å². The van der Waals surface area contributed by atoms with Crippen LogP contribution < -0.4 is 5.32 Å². The van der Waals surface area contributed by atoms with Crippen molar-refractivity contribution in [2.75, 3.05) is 5.32 Å². The van der Waals surface area contributed by atoms with Gasteiger partial charge in [-0.1, -0.05) is 34.4 Å². The molecule has 5 nitrogen and oxygen atoms in total. The molecule has 0 spiro atoms. The molecular weight excluding hydrogens is 393 g/mol. The first kappa shape index (κ1) is 18.8. The third-order valence-electron chi connectivity index (χ3n) is 3.75. The number of halogens is 2. The van der Waals surface area contributed by atoms with Crippen LogP contribution in [0, 0.1) is 13.8 Å². The molecule has 0 radical (unpaired) electrons. The monoisotopic (exact) mass is 407 g/mol. The molecule has 2 aromatic heterocycles. The highest BCUT2D eigenvalue weighted by Gasteiger charge is 2.17. The highest BCUT2D eigenvalue weighted by Crippen LogP contribution is 2.31. The van der Waals surface area contributed by atoms with Gasteiger partial charge in [0.25, 0.3) is 5.91 Å². The number of carbonyl (C=O) groups is 1. The molecule has 134 valence electrons. The van der Waals surface area contributed by atoms with Crippen LogP contribution in [-0.2, 0) is 5.75 Å². The Labute approximate surface area is 165 Å². The fraction of sp³-hybridized carbons (Fsp3) is 0.167. The van der Waals surface area contributed by atoms with Crippen molar-refractivity contribution in [1.29, 1.82) is 0 Å². The molecule has 1 amide bonds. The van der Waals surface area contributed by atoms with Crippen LogP contribution in [0.1, 0.15) is 27.4 Å². The molecule has 0 saturated heterocycles. The lowest BCUT2D eigenvalue weighted by Crippen LogP contribution is -2.14. The molecule has 0 atom stereocenters. The van der Waals surface area contributed by atoms with Gasteiger partial charge in [0.15, 0.2) is 0 Å². The summed E-state index contributed by atoms with van der Waals surface area (Å²) in [4.78, 5) is 17.0. The summed E-state index contributed by atoms with van der Waals surface area (Å²) in [7, 11) is 0. The lowest BCUT2D eigenvalue weighted by atomic mass is 10.2. The maximum Gasteiger partial charge on any atom is 0.258 e. The van der Waals surface area contributed by atoms with Gasteiger partial charge in [-0.3, -0.25) is 4.79 Å². The normalized spacial score (nSPS) is 10.8. The minimum Gasteiger partial charge on any atom is -0.361 e. The first-order valence-corrected chi connectivity index (χ1v) is 9.46. The minimum absolute atomic E-state index is 0.302. The van der Waals surface area contributed by atoms with Gasteiger partial charge in [-0.25, -0.2) is 4.98 Å². The Morgan fingerprint density at radius 1 is 1.23 bits per heavy atom. The largest absolute Gasteiger partial charge is 0.361 e. The van der Waals surface area contributed by atoms with Gasteiger partial charge in [0, 0.05) is 17.5 Å². The molecule has 3 aromatic rings. The molecule has 26 heavy (non-hydrogen) atoms. The Bertz CT molecular complexity index is 940. The number of carbonyl (C=O) groups excluding carboxylic acids is 1. The molecule has 8 heteroatoms. The lowest BCUT2D eigenvalue weighted by Gasteiger charge is -2.10. The van der Waals surface area contributed by atoms with Crippen LogP contribution in [0.3, 0.4) is 0 Å². The van der Waals surface area contributed by atoms with Gasteiger partial charge in [-0.05, 0) is 38.1 Å². The molecule has 0 fully saturated rings. The third-order valence-corrected chi connectivity index (χ3v) is 5.60. The standard InChI is InChI=1S/C18H15Cl2N3O2S/c1-10-13(11(2)25-23-10)9-26-18-12(5-4-8-21-18)17(24)22-15-7-3-6-14(19)16(15)20/h3-8H,9H2,1-2H3,(H,22,24). The van der Waals surface area contributed by atoms with Gasteiger partial charge in [-0.15, -0.1) is 11.8 Å². The van der Waals surface area contributed by atoms with E-state index in [1.165, 1.54) is 11.8 Å². The van der Waals surface area contributed by atoms with Crippen molar-refractivity contribution >= 4 is 46.6 Å². The molecule has 0 saturated carbocycles. The van der Waals surface area contributed by atoms with Crippen LogP contribution in [0.2, 0.25) is 10.0 Å². The van der Waals surface area contributed by atoms with Crippen LogP contribution in [0.15, 0.2) is 46.1 Å². The predicted molar refractivity (Wildman–Crippen MR) is 104 cm³/mol. The highest BCUT2D eigenvalue weighted by molar-refractivity contribution is 7.98. The number of aryl methyl sites for hydroxylation is 2. The molecule has 0 bridgehead atoms. The van der Waals surface area contributed by atoms with Crippen LogP contribution in [-0.4, -0.2) is 16.0 Å². The maximum absolute atomic E-state index is 12.7. The van der Waals surface area contributed by atoms with Crippen molar-refractivity contribution in [3.05, 3.63) is 69.2 Å². The number of anilines is 1. The zero-order valence-electron chi connectivity index (χ0n) is 14.0. The lowest BCUT2D eigenvalue weighted by molar-refractivity contribution is 0.102. The van der Waals surface area contributed by atoms with Crippen molar-refractivity contribution in [3.8, 4) is 0 Å². The number of thioether (sulfide) groups is 1. The van der Waals surface area contributed by atoms with Crippen molar-refractivity contribution < 1.29 is 9.32 Å². The van der Waals surface area contributed by atoms with Crippen molar-refractivity contribution in [1.82, 2.24) is 10.1 Å². The molecule has 0 aliphatic heterocycles. The zero-order chi connectivity index (χ0) is 18.7. The summed E-state index contributed by atoms with van der Waals surface area (Å²) in [6, 6.07) is 8.51. The van der Waals surface area contributed by atoms with Crippen LogP contribution in [0.5, 0.6) is 0 Å². The van der Waals surface area contributed by atoms with E-state index in [4.69, 9.17) is 27.7 Å². The van der Waals surface area contributed by atoms with Crippen LogP contribution in [0.25, 0.3) is 0 Å². The Morgan fingerprint density at radius 3 is 2.77 bits per heavy atom. The van der Waals surface area contributed by atoms with E-state index in [0.717, 1.165) is 17.0 Å². The van der Waals surface area contributed by atoms with Gasteiger partial charge in [0.05, 0.1) is 27.0 Å². The Balaban J connectivity index is 1.80. The van der Waals surface area contributed by atoms with Gasteiger partial charge in [0.2, 0.25) is 0 Å². The van der Waals surface area contributed by atoms with Gasteiger partial charge in [0.1, 0.15) is 10.8 Å². The molecular formula is C18H15Cl2N3O2S. The van der Waals surface area contributed by atoms with E-state index < -0.39 is 0 Å². The van der Waals surface area contributed by atoms with E-state index >= 15 is 0 Å². The van der Waals surface area contributed by atoms with E-state index in [1.807, 2.05) is 13.8 Å².